The highest BCUT2D eigenvalue weighted by Crippen LogP contribution is 2.46. The lowest BCUT2D eigenvalue weighted by molar-refractivity contribution is -0.125. The largest absolute Gasteiger partial charge is 0.479 e. The summed E-state index contributed by atoms with van der Waals surface area (Å²) in [4.78, 5) is 25.8. The van der Waals surface area contributed by atoms with E-state index < -0.39 is 6.10 Å². The van der Waals surface area contributed by atoms with Crippen LogP contribution in [0.1, 0.15) is 19.8 Å². The van der Waals surface area contributed by atoms with Gasteiger partial charge in [0.1, 0.15) is 5.75 Å². The number of ether oxygens (including phenoxy) is 1. The molecule has 0 unspecified atom stereocenters. The highest BCUT2D eigenvalue weighted by molar-refractivity contribution is 6.00. The van der Waals surface area contributed by atoms with Gasteiger partial charge in [-0.2, -0.15) is 5.10 Å². The topological polar surface area (TPSA) is 88.5 Å². The van der Waals surface area contributed by atoms with Crippen LogP contribution in [0, 0.1) is 5.41 Å². The zero-order valence-electron chi connectivity index (χ0n) is 15.4. The molecule has 3 amide bonds. The molecule has 1 aromatic heterocycles. The number of rotatable bonds is 5. The summed E-state index contributed by atoms with van der Waals surface area (Å²) in [6.07, 6.45) is 5.33. The molecule has 1 aromatic carbocycles. The predicted molar refractivity (Wildman–Crippen MR) is 101 cm³/mol. The number of benzene rings is 1. The Morgan fingerprint density at radius 2 is 2.22 bits per heavy atom. The second kappa shape index (κ2) is 6.61. The average molecular weight is 369 g/mol. The summed E-state index contributed by atoms with van der Waals surface area (Å²) < 4.78 is 7.56. The maximum Gasteiger partial charge on any atom is 0.319 e. The van der Waals surface area contributed by atoms with E-state index in [2.05, 4.69) is 15.7 Å². The lowest BCUT2D eigenvalue weighted by Crippen LogP contribution is -2.42. The van der Waals surface area contributed by atoms with Gasteiger partial charge in [-0.3, -0.25) is 9.48 Å². The fourth-order valence-corrected chi connectivity index (χ4v) is 3.34. The molecule has 2 aromatic rings. The molecular formula is C19H23N5O3. The smallest absolute Gasteiger partial charge is 0.319 e. The Labute approximate surface area is 157 Å². The number of amides is 3. The molecule has 8 heteroatoms. The van der Waals surface area contributed by atoms with E-state index in [9.17, 15) is 9.59 Å². The number of carbonyl (C=O) groups excluding carboxylic acids is 2. The van der Waals surface area contributed by atoms with Crippen molar-refractivity contribution in [2.45, 2.75) is 32.4 Å². The molecule has 142 valence electrons. The summed E-state index contributed by atoms with van der Waals surface area (Å²) in [5, 5.41) is 10.0. The highest BCUT2D eigenvalue weighted by atomic mass is 16.5. The summed E-state index contributed by atoms with van der Waals surface area (Å²) in [5.41, 5.74) is 1.42. The Hall–Kier alpha value is -3.03. The van der Waals surface area contributed by atoms with Crippen LogP contribution in [0.2, 0.25) is 0 Å². The van der Waals surface area contributed by atoms with Crippen molar-refractivity contribution in [3.05, 3.63) is 36.7 Å². The molecule has 2 heterocycles. The van der Waals surface area contributed by atoms with E-state index in [1.165, 1.54) is 0 Å². The Balaban J connectivity index is 1.35. The summed E-state index contributed by atoms with van der Waals surface area (Å²) >= 11 is 0. The number of carbonyl (C=O) groups is 2. The molecule has 2 N–H and O–H groups in total. The Morgan fingerprint density at radius 3 is 2.93 bits per heavy atom. The standard InChI is InChI=1S/C19H23N5O3/c1-13-17(25)23(2)15-5-4-14(10-16(15)27-13)22-18(26)20-11-19(6-7-19)12-24-9-3-8-21-24/h3-5,8-10,13H,6-7,11-12H2,1-2H3,(H2,20,22,26)/t13-/m1/s1. The molecule has 4 rings (SSSR count). The summed E-state index contributed by atoms with van der Waals surface area (Å²) in [5.74, 6) is 0.493. The lowest BCUT2D eigenvalue weighted by Gasteiger charge is -2.30. The van der Waals surface area contributed by atoms with Gasteiger partial charge in [-0.25, -0.2) is 4.79 Å². The molecule has 0 radical (unpaired) electrons. The molecular weight excluding hydrogens is 346 g/mol. The molecule has 2 aliphatic rings. The van der Waals surface area contributed by atoms with E-state index in [4.69, 9.17) is 4.74 Å². The Kier molecular flexibility index (Phi) is 4.25. The fourth-order valence-electron chi connectivity index (χ4n) is 3.34. The van der Waals surface area contributed by atoms with E-state index in [0.717, 1.165) is 19.4 Å². The van der Waals surface area contributed by atoms with Gasteiger partial charge >= 0.3 is 6.03 Å². The number of fused-ring (bicyclic) bond motifs is 1. The number of nitrogens with one attached hydrogen (secondary N) is 2. The van der Waals surface area contributed by atoms with Gasteiger partial charge in [-0.05, 0) is 38.0 Å². The number of hydrogen-bond donors (Lipinski definition) is 2. The quantitative estimate of drug-likeness (QED) is 0.846. The Bertz CT molecular complexity index is 860. The minimum absolute atomic E-state index is 0.0899. The fraction of sp³-hybridized carbons (Fsp3) is 0.421. The summed E-state index contributed by atoms with van der Waals surface area (Å²) in [6.45, 7) is 3.13. The second-order valence-corrected chi connectivity index (χ2v) is 7.35. The average Bonchev–Trinajstić information content (AvgIpc) is 3.21. The molecule has 0 spiro atoms. The van der Waals surface area contributed by atoms with Crippen molar-refractivity contribution in [3.8, 4) is 5.75 Å². The van der Waals surface area contributed by atoms with E-state index in [1.807, 2.05) is 16.9 Å². The molecule has 8 nitrogen and oxygen atoms in total. The van der Waals surface area contributed by atoms with Gasteiger partial charge in [0.25, 0.3) is 5.91 Å². The van der Waals surface area contributed by atoms with Crippen molar-refractivity contribution in [2.24, 2.45) is 5.41 Å². The zero-order valence-corrected chi connectivity index (χ0v) is 15.4. The first-order valence-corrected chi connectivity index (χ1v) is 9.06. The van der Waals surface area contributed by atoms with Crippen molar-refractivity contribution in [1.29, 1.82) is 0 Å². The van der Waals surface area contributed by atoms with Crippen LogP contribution in [0.5, 0.6) is 5.75 Å². The van der Waals surface area contributed by atoms with Crippen LogP contribution in [0.15, 0.2) is 36.7 Å². The van der Waals surface area contributed by atoms with Crippen LogP contribution < -0.4 is 20.3 Å². The first-order chi connectivity index (χ1) is 13.0. The third kappa shape index (κ3) is 3.60. The minimum atomic E-state index is -0.538. The molecule has 1 atom stereocenters. The van der Waals surface area contributed by atoms with Crippen LogP contribution in [0.4, 0.5) is 16.2 Å². The molecule has 1 saturated carbocycles. The molecule has 0 saturated heterocycles. The van der Waals surface area contributed by atoms with Gasteiger partial charge in [-0.1, -0.05) is 0 Å². The van der Waals surface area contributed by atoms with Crippen LogP contribution in [-0.2, 0) is 11.3 Å². The van der Waals surface area contributed by atoms with Crippen LogP contribution in [-0.4, -0.2) is 41.4 Å². The second-order valence-electron chi connectivity index (χ2n) is 7.35. The summed E-state index contributed by atoms with van der Waals surface area (Å²) in [7, 11) is 1.72. The van der Waals surface area contributed by atoms with Crippen LogP contribution in [0.25, 0.3) is 0 Å². The number of aromatic nitrogens is 2. The predicted octanol–water partition coefficient (Wildman–Crippen LogP) is 2.23. The van der Waals surface area contributed by atoms with Crippen molar-refractivity contribution in [3.63, 3.8) is 0 Å². The maximum atomic E-state index is 12.3. The maximum absolute atomic E-state index is 12.3. The number of urea groups is 1. The molecule has 1 fully saturated rings. The number of hydrogen-bond acceptors (Lipinski definition) is 4. The number of nitrogens with zero attached hydrogens (tertiary/aromatic N) is 3. The van der Waals surface area contributed by atoms with Gasteiger partial charge in [0.2, 0.25) is 0 Å². The van der Waals surface area contributed by atoms with E-state index >= 15 is 0 Å². The first kappa shape index (κ1) is 17.4. The van der Waals surface area contributed by atoms with Gasteiger partial charge < -0.3 is 20.3 Å². The van der Waals surface area contributed by atoms with Crippen molar-refractivity contribution in [2.75, 3.05) is 23.8 Å². The third-order valence-corrected chi connectivity index (χ3v) is 5.20. The van der Waals surface area contributed by atoms with Crippen LogP contribution in [0.3, 0.4) is 0 Å². The van der Waals surface area contributed by atoms with Gasteiger partial charge in [0, 0.05) is 49.7 Å². The van der Waals surface area contributed by atoms with Crippen molar-refractivity contribution in [1.82, 2.24) is 15.1 Å². The van der Waals surface area contributed by atoms with E-state index in [0.29, 0.717) is 23.7 Å². The molecule has 27 heavy (non-hydrogen) atoms. The number of likely N-dealkylation sites (N-methyl/N-ethyl adjacent to an activating group) is 1. The SMILES string of the molecule is C[C@H]1Oc2cc(NC(=O)NCC3(Cn4cccn4)CC3)ccc2N(C)C1=O. The van der Waals surface area contributed by atoms with Gasteiger partial charge in [-0.15, -0.1) is 0 Å². The van der Waals surface area contributed by atoms with Crippen molar-refractivity contribution >= 4 is 23.3 Å². The van der Waals surface area contributed by atoms with E-state index in [1.54, 1.807) is 43.3 Å². The van der Waals surface area contributed by atoms with Crippen LogP contribution >= 0.6 is 0 Å². The monoisotopic (exact) mass is 369 g/mol. The van der Waals surface area contributed by atoms with Crippen molar-refractivity contribution < 1.29 is 14.3 Å². The highest BCUT2D eigenvalue weighted by Gasteiger charge is 2.43. The van der Waals surface area contributed by atoms with Gasteiger partial charge in [0.05, 0.1) is 5.69 Å². The lowest BCUT2D eigenvalue weighted by atomic mass is 10.1. The van der Waals surface area contributed by atoms with E-state index in [-0.39, 0.29) is 17.4 Å². The molecule has 1 aliphatic heterocycles. The first-order valence-electron chi connectivity index (χ1n) is 9.06. The number of anilines is 2. The molecule has 1 aliphatic carbocycles. The summed E-state index contributed by atoms with van der Waals surface area (Å²) in [6, 6.07) is 6.92. The third-order valence-electron chi connectivity index (χ3n) is 5.20. The molecule has 0 bridgehead atoms. The zero-order chi connectivity index (χ0) is 19.0. The normalized spacial score (nSPS) is 19.9. The Morgan fingerprint density at radius 1 is 1.41 bits per heavy atom. The minimum Gasteiger partial charge on any atom is -0.479 e. The van der Waals surface area contributed by atoms with Gasteiger partial charge in [0.15, 0.2) is 6.10 Å².